The summed E-state index contributed by atoms with van der Waals surface area (Å²) in [6.07, 6.45) is 1.74. The average Bonchev–Trinajstić information content (AvgIpc) is 2.11. The van der Waals surface area contributed by atoms with Gasteiger partial charge in [0.05, 0.1) is 6.61 Å². The van der Waals surface area contributed by atoms with E-state index < -0.39 is 0 Å². The van der Waals surface area contributed by atoms with Crippen molar-refractivity contribution in [3.05, 3.63) is 0 Å². The van der Waals surface area contributed by atoms with Crippen LogP contribution in [-0.4, -0.2) is 31.8 Å². The monoisotopic (exact) mass is 202 g/mol. The van der Waals surface area contributed by atoms with Gasteiger partial charge in [-0.15, -0.1) is 0 Å². The van der Waals surface area contributed by atoms with Crippen LogP contribution in [0.5, 0.6) is 0 Å². The van der Waals surface area contributed by atoms with Crippen LogP contribution in [0.2, 0.25) is 0 Å². The van der Waals surface area contributed by atoms with Crippen LogP contribution in [0.3, 0.4) is 0 Å². The zero-order valence-electron chi connectivity index (χ0n) is 9.43. The van der Waals surface area contributed by atoms with Gasteiger partial charge in [0, 0.05) is 12.6 Å². The van der Waals surface area contributed by atoms with E-state index in [1.165, 1.54) is 0 Å². The van der Waals surface area contributed by atoms with E-state index in [-0.39, 0.29) is 6.09 Å². The summed E-state index contributed by atoms with van der Waals surface area (Å²) in [6, 6.07) is 0.535. The van der Waals surface area contributed by atoms with Gasteiger partial charge in [-0.3, -0.25) is 0 Å². The van der Waals surface area contributed by atoms with Crippen molar-refractivity contribution < 1.29 is 9.53 Å². The Morgan fingerprint density at radius 3 is 2.50 bits per heavy atom. The Hall–Kier alpha value is -0.770. The molecule has 0 saturated carbocycles. The summed E-state index contributed by atoms with van der Waals surface area (Å²) < 4.78 is 4.72. The normalized spacial score (nSPS) is 10.3. The molecule has 0 aliphatic heterocycles. The predicted octanol–water partition coefficient (Wildman–Crippen LogP) is 1.51. The molecule has 0 aromatic carbocycles. The van der Waals surface area contributed by atoms with Crippen molar-refractivity contribution in [2.75, 3.05) is 19.7 Å². The number of carbonyl (C=O) groups excluding carboxylic acids is 1. The van der Waals surface area contributed by atoms with E-state index in [4.69, 9.17) is 4.74 Å². The van der Waals surface area contributed by atoms with Crippen LogP contribution in [0, 0.1) is 0 Å². The van der Waals surface area contributed by atoms with Gasteiger partial charge in [-0.2, -0.15) is 0 Å². The molecule has 0 atom stereocenters. The number of rotatable bonds is 7. The summed E-state index contributed by atoms with van der Waals surface area (Å²) in [5.74, 6) is 0. The van der Waals surface area contributed by atoms with Crippen LogP contribution >= 0.6 is 0 Å². The van der Waals surface area contributed by atoms with Gasteiger partial charge in [0.15, 0.2) is 0 Å². The smallest absolute Gasteiger partial charge is 0.407 e. The van der Waals surface area contributed by atoms with Gasteiger partial charge in [-0.05, 0) is 26.3 Å². The van der Waals surface area contributed by atoms with E-state index in [2.05, 4.69) is 24.5 Å². The van der Waals surface area contributed by atoms with Crippen LogP contribution in [-0.2, 0) is 4.74 Å². The maximum Gasteiger partial charge on any atom is 0.407 e. The molecule has 0 heterocycles. The second kappa shape index (κ2) is 8.81. The molecule has 0 spiro atoms. The summed E-state index contributed by atoms with van der Waals surface area (Å²) >= 11 is 0. The Kier molecular flexibility index (Phi) is 8.33. The summed E-state index contributed by atoms with van der Waals surface area (Å²) in [5, 5.41) is 6.00. The highest BCUT2D eigenvalue weighted by Gasteiger charge is 1.98. The minimum absolute atomic E-state index is 0.315. The molecule has 0 rings (SSSR count). The molecule has 0 fully saturated rings. The van der Waals surface area contributed by atoms with Gasteiger partial charge in [0.25, 0.3) is 0 Å². The summed E-state index contributed by atoms with van der Waals surface area (Å²) in [7, 11) is 0. The number of unbranched alkanes of at least 4 members (excludes halogenated alkanes) is 1. The van der Waals surface area contributed by atoms with Crippen LogP contribution in [0.1, 0.15) is 33.6 Å². The molecule has 2 N–H and O–H groups in total. The lowest BCUT2D eigenvalue weighted by Gasteiger charge is -2.08. The van der Waals surface area contributed by atoms with Gasteiger partial charge in [-0.25, -0.2) is 4.79 Å². The number of hydrogen-bond acceptors (Lipinski definition) is 3. The number of amides is 1. The lowest BCUT2D eigenvalue weighted by molar-refractivity contribution is 0.152. The molecule has 4 heteroatoms. The largest absolute Gasteiger partial charge is 0.450 e. The highest BCUT2D eigenvalue weighted by atomic mass is 16.5. The second-order valence-corrected chi connectivity index (χ2v) is 3.46. The van der Waals surface area contributed by atoms with E-state index in [1.807, 2.05) is 0 Å². The Morgan fingerprint density at radius 2 is 1.93 bits per heavy atom. The molecule has 0 bridgehead atoms. The number of hydrogen-bond donors (Lipinski definition) is 2. The minimum atomic E-state index is -0.315. The van der Waals surface area contributed by atoms with Gasteiger partial charge in [-0.1, -0.05) is 13.8 Å². The van der Waals surface area contributed by atoms with E-state index in [9.17, 15) is 4.79 Å². The van der Waals surface area contributed by atoms with Gasteiger partial charge >= 0.3 is 6.09 Å². The van der Waals surface area contributed by atoms with Crippen LogP contribution in [0.15, 0.2) is 0 Å². The summed E-state index contributed by atoms with van der Waals surface area (Å²) in [6.45, 7) is 8.17. The molecular weight excluding hydrogens is 180 g/mol. The molecule has 0 aliphatic rings. The number of alkyl carbamates (subject to hydrolysis) is 1. The van der Waals surface area contributed by atoms with Gasteiger partial charge < -0.3 is 15.4 Å². The Bertz CT molecular complexity index is 149. The molecule has 0 unspecified atom stereocenters. The highest BCUT2D eigenvalue weighted by Crippen LogP contribution is 1.87. The number of carbonyl (C=O) groups is 1. The van der Waals surface area contributed by atoms with Gasteiger partial charge in [0.1, 0.15) is 0 Å². The van der Waals surface area contributed by atoms with E-state index in [0.29, 0.717) is 19.2 Å². The first kappa shape index (κ1) is 13.2. The first-order valence-corrected chi connectivity index (χ1v) is 5.30. The Balaban J connectivity index is 3.09. The topological polar surface area (TPSA) is 50.4 Å². The highest BCUT2D eigenvalue weighted by molar-refractivity contribution is 5.66. The molecule has 0 aromatic heterocycles. The van der Waals surface area contributed by atoms with Crippen molar-refractivity contribution in [1.82, 2.24) is 10.6 Å². The van der Waals surface area contributed by atoms with E-state index in [1.54, 1.807) is 6.92 Å². The quantitative estimate of drug-likeness (QED) is 0.615. The first-order valence-electron chi connectivity index (χ1n) is 5.30. The maximum atomic E-state index is 10.8. The third kappa shape index (κ3) is 9.32. The van der Waals surface area contributed by atoms with Crippen molar-refractivity contribution in [3.8, 4) is 0 Å². The van der Waals surface area contributed by atoms with E-state index in [0.717, 1.165) is 19.4 Å². The SMILES string of the molecule is CCOC(=O)NCCCCNC(C)C. The van der Waals surface area contributed by atoms with Crippen molar-refractivity contribution in [2.45, 2.75) is 39.7 Å². The molecule has 14 heavy (non-hydrogen) atoms. The third-order valence-electron chi connectivity index (χ3n) is 1.70. The zero-order chi connectivity index (χ0) is 10.8. The Labute approximate surface area is 86.4 Å². The molecule has 4 nitrogen and oxygen atoms in total. The van der Waals surface area contributed by atoms with Crippen molar-refractivity contribution in [1.29, 1.82) is 0 Å². The summed E-state index contributed by atoms with van der Waals surface area (Å²) in [4.78, 5) is 10.8. The molecule has 84 valence electrons. The van der Waals surface area contributed by atoms with Crippen LogP contribution < -0.4 is 10.6 Å². The molecule has 1 amide bonds. The number of nitrogens with one attached hydrogen (secondary N) is 2. The van der Waals surface area contributed by atoms with Crippen molar-refractivity contribution in [3.63, 3.8) is 0 Å². The van der Waals surface area contributed by atoms with Crippen molar-refractivity contribution >= 4 is 6.09 Å². The average molecular weight is 202 g/mol. The lowest BCUT2D eigenvalue weighted by atomic mass is 10.3. The predicted molar refractivity (Wildman–Crippen MR) is 57.4 cm³/mol. The molecule has 0 aliphatic carbocycles. The standard InChI is InChI=1S/C10H22N2O2/c1-4-14-10(13)12-8-6-5-7-11-9(2)3/h9,11H,4-8H2,1-3H3,(H,12,13). The Morgan fingerprint density at radius 1 is 1.29 bits per heavy atom. The fourth-order valence-electron chi connectivity index (χ4n) is 1.01. The van der Waals surface area contributed by atoms with Crippen LogP contribution in [0.25, 0.3) is 0 Å². The lowest BCUT2D eigenvalue weighted by Crippen LogP contribution is -2.27. The minimum Gasteiger partial charge on any atom is -0.450 e. The molecular formula is C10H22N2O2. The number of ether oxygens (including phenoxy) is 1. The zero-order valence-corrected chi connectivity index (χ0v) is 9.43. The third-order valence-corrected chi connectivity index (χ3v) is 1.70. The fraction of sp³-hybridized carbons (Fsp3) is 0.900. The molecule has 0 radical (unpaired) electrons. The van der Waals surface area contributed by atoms with Crippen molar-refractivity contribution in [2.24, 2.45) is 0 Å². The van der Waals surface area contributed by atoms with Crippen LogP contribution in [0.4, 0.5) is 4.79 Å². The molecule has 0 aromatic rings. The van der Waals surface area contributed by atoms with E-state index >= 15 is 0 Å². The first-order chi connectivity index (χ1) is 6.66. The molecule has 0 saturated heterocycles. The van der Waals surface area contributed by atoms with Gasteiger partial charge in [0.2, 0.25) is 0 Å². The second-order valence-electron chi connectivity index (χ2n) is 3.46. The summed E-state index contributed by atoms with van der Waals surface area (Å²) in [5.41, 5.74) is 0. The fourth-order valence-corrected chi connectivity index (χ4v) is 1.01. The maximum absolute atomic E-state index is 10.8.